The van der Waals surface area contributed by atoms with Crippen LogP contribution < -0.4 is 10.1 Å². The van der Waals surface area contributed by atoms with E-state index in [0.29, 0.717) is 12.0 Å². The molecule has 1 rings (SSSR count). The fourth-order valence-corrected chi connectivity index (χ4v) is 2.80. The molecule has 0 saturated heterocycles. The molecule has 3 heteroatoms. The van der Waals surface area contributed by atoms with Crippen LogP contribution in [0.2, 0.25) is 0 Å². The molecule has 19 heavy (non-hydrogen) atoms. The zero-order valence-corrected chi connectivity index (χ0v) is 14.1. The summed E-state index contributed by atoms with van der Waals surface area (Å²) in [6.07, 6.45) is 3.46. The van der Waals surface area contributed by atoms with Crippen molar-refractivity contribution in [2.75, 3.05) is 13.7 Å². The van der Waals surface area contributed by atoms with Gasteiger partial charge in [-0.3, -0.25) is 0 Å². The van der Waals surface area contributed by atoms with Gasteiger partial charge in [0.05, 0.1) is 7.11 Å². The number of hydrogen-bond acceptors (Lipinski definition) is 2. The highest BCUT2D eigenvalue weighted by molar-refractivity contribution is 9.10. The zero-order valence-electron chi connectivity index (χ0n) is 12.5. The van der Waals surface area contributed by atoms with Crippen LogP contribution in [-0.2, 0) is 6.42 Å². The monoisotopic (exact) mass is 327 g/mol. The molecular weight excluding hydrogens is 302 g/mol. The van der Waals surface area contributed by atoms with E-state index in [2.05, 4.69) is 48.1 Å². The summed E-state index contributed by atoms with van der Waals surface area (Å²) in [5, 5.41) is 3.57. The molecule has 1 atom stereocenters. The Morgan fingerprint density at radius 2 is 2.05 bits per heavy atom. The predicted molar refractivity (Wildman–Crippen MR) is 85.9 cm³/mol. The second-order valence-electron chi connectivity index (χ2n) is 5.26. The first-order valence-corrected chi connectivity index (χ1v) is 7.93. The predicted octanol–water partition coefficient (Wildman–Crippen LogP) is 4.41. The van der Waals surface area contributed by atoms with Crippen LogP contribution in [0.5, 0.6) is 5.75 Å². The van der Waals surface area contributed by atoms with E-state index in [0.717, 1.165) is 23.2 Å². The number of rotatable bonds is 8. The average Bonchev–Trinajstić information content (AvgIpc) is 2.38. The second kappa shape index (κ2) is 8.60. The van der Waals surface area contributed by atoms with Crippen LogP contribution in [0.4, 0.5) is 0 Å². The Hall–Kier alpha value is -0.540. The van der Waals surface area contributed by atoms with Crippen molar-refractivity contribution in [3.8, 4) is 5.75 Å². The second-order valence-corrected chi connectivity index (χ2v) is 6.17. The maximum absolute atomic E-state index is 5.42. The van der Waals surface area contributed by atoms with Gasteiger partial charge in [-0.1, -0.05) is 36.7 Å². The smallest absolute Gasteiger partial charge is 0.122 e. The van der Waals surface area contributed by atoms with Crippen molar-refractivity contribution >= 4 is 15.9 Å². The van der Waals surface area contributed by atoms with E-state index in [-0.39, 0.29) is 0 Å². The Labute approximate surface area is 126 Å². The molecule has 0 bridgehead atoms. The van der Waals surface area contributed by atoms with Gasteiger partial charge in [0.25, 0.3) is 0 Å². The lowest BCUT2D eigenvalue weighted by Gasteiger charge is -2.21. The molecule has 1 N–H and O–H groups in total. The molecule has 0 aliphatic carbocycles. The van der Waals surface area contributed by atoms with Gasteiger partial charge in [0, 0.05) is 10.5 Å². The highest BCUT2D eigenvalue weighted by Crippen LogP contribution is 2.25. The van der Waals surface area contributed by atoms with Gasteiger partial charge in [0.2, 0.25) is 0 Å². The van der Waals surface area contributed by atoms with E-state index in [9.17, 15) is 0 Å². The first-order valence-electron chi connectivity index (χ1n) is 7.14. The van der Waals surface area contributed by atoms with Crippen molar-refractivity contribution in [2.24, 2.45) is 5.92 Å². The number of ether oxygens (including phenoxy) is 1. The van der Waals surface area contributed by atoms with Crippen molar-refractivity contribution in [3.05, 3.63) is 28.2 Å². The number of halogens is 1. The van der Waals surface area contributed by atoms with Gasteiger partial charge in [-0.15, -0.1) is 0 Å². The van der Waals surface area contributed by atoms with Crippen LogP contribution in [0.25, 0.3) is 0 Å². The number of aryl methyl sites for hydroxylation is 1. The summed E-state index contributed by atoms with van der Waals surface area (Å²) in [5.41, 5.74) is 1.29. The summed E-state index contributed by atoms with van der Waals surface area (Å²) in [4.78, 5) is 0. The van der Waals surface area contributed by atoms with Gasteiger partial charge in [-0.2, -0.15) is 0 Å². The Balaban J connectivity index is 2.54. The van der Waals surface area contributed by atoms with Crippen molar-refractivity contribution in [1.29, 1.82) is 0 Å². The number of nitrogens with one attached hydrogen (secondary N) is 1. The van der Waals surface area contributed by atoms with Gasteiger partial charge in [-0.25, -0.2) is 0 Å². The number of hydrogen-bond donors (Lipinski definition) is 1. The molecule has 1 unspecified atom stereocenters. The Kier molecular flexibility index (Phi) is 7.47. The molecular formula is C16H26BrNO. The van der Waals surface area contributed by atoms with E-state index in [1.807, 2.05) is 12.1 Å². The van der Waals surface area contributed by atoms with Gasteiger partial charge < -0.3 is 10.1 Å². The summed E-state index contributed by atoms with van der Waals surface area (Å²) in [7, 11) is 1.74. The first-order chi connectivity index (χ1) is 9.08. The highest BCUT2D eigenvalue weighted by Gasteiger charge is 2.12. The molecule has 0 aromatic heterocycles. The SMILES string of the molecule is CCNC(CCCc1cc(Br)ccc1OC)C(C)C. The lowest BCUT2D eigenvalue weighted by Crippen LogP contribution is -2.33. The molecule has 0 amide bonds. The molecule has 0 aliphatic heterocycles. The van der Waals surface area contributed by atoms with Crippen molar-refractivity contribution < 1.29 is 4.74 Å². The summed E-state index contributed by atoms with van der Waals surface area (Å²) < 4.78 is 6.54. The molecule has 0 heterocycles. The molecule has 0 spiro atoms. The Bertz CT molecular complexity index is 379. The van der Waals surface area contributed by atoms with E-state index >= 15 is 0 Å². The zero-order chi connectivity index (χ0) is 14.3. The molecule has 0 radical (unpaired) electrons. The van der Waals surface area contributed by atoms with Crippen molar-refractivity contribution in [1.82, 2.24) is 5.32 Å². The molecule has 1 aromatic rings. The fourth-order valence-electron chi connectivity index (χ4n) is 2.39. The maximum atomic E-state index is 5.42. The largest absolute Gasteiger partial charge is 0.496 e. The van der Waals surface area contributed by atoms with E-state index in [1.165, 1.54) is 18.4 Å². The summed E-state index contributed by atoms with van der Waals surface area (Å²) in [5.74, 6) is 1.68. The normalized spacial score (nSPS) is 12.7. The topological polar surface area (TPSA) is 21.3 Å². The molecule has 0 saturated carbocycles. The minimum atomic E-state index is 0.614. The third-order valence-electron chi connectivity index (χ3n) is 3.47. The highest BCUT2D eigenvalue weighted by atomic mass is 79.9. The van der Waals surface area contributed by atoms with Crippen LogP contribution >= 0.6 is 15.9 Å². The van der Waals surface area contributed by atoms with Crippen LogP contribution in [0.3, 0.4) is 0 Å². The van der Waals surface area contributed by atoms with E-state index in [4.69, 9.17) is 4.74 Å². The van der Waals surface area contributed by atoms with Gasteiger partial charge in [0.15, 0.2) is 0 Å². The molecule has 2 nitrogen and oxygen atoms in total. The molecule has 108 valence electrons. The summed E-state index contributed by atoms with van der Waals surface area (Å²) >= 11 is 3.53. The van der Waals surface area contributed by atoms with Crippen LogP contribution in [0.1, 0.15) is 39.2 Å². The first kappa shape index (κ1) is 16.5. The van der Waals surface area contributed by atoms with Crippen LogP contribution in [0, 0.1) is 5.92 Å². The van der Waals surface area contributed by atoms with Crippen LogP contribution in [0.15, 0.2) is 22.7 Å². The van der Waals surface area contributed by atoms with Gasteiger partial charge in [0.1, 0.15) is 5.75 Å². The number of benzene rings is 1. The maximum Gasteiger partial charge on any atom is 0.122 e. The number of methoxy groups -OCH3 is 1. The lowest BCUT2D eigenvalue weighted by atomic mass is 9.96. The van der Waals surface area contributed by atoms with Gasteiger partial charge in [-0.05, 0) is 55.5 Å². The Morgan fingerprint density at radius 1 is 1.32 bits per heavy atom. The summed E-state index contributed by atoms with van der Waals surface area (Å²) in [6, 6.07) is 6.83. The van der Waals surface area contributed by atoms with Crippen LogP contribution in [-0.4, -0.2) is 19.7 Å². The van der Waals surface area contributed by atoms with E-state index in [1.54, 1.807) is 7.11 Å². The molecule has 0 fully saturated rings. The third kappa shape index (κ3) is 5.53. The van der Waals surface area contributed by atoms with E-state index < -0.39 is 0 Å². The minimum absolute atomic E-state index is 0.614. The van der Waals surface area contributed by atoms with Crippen molar-refractivity contribution in [3.63, 3.8) is 0 Å². The standard InChI is InChI=1S/C16H26BrNO/c1-5-18-15(12(2)3)8-6-7-13-11-14(17)9-10-16(13)19-4/h9-12,15,18H,5-8H2,1-4H3. The Morgan fingerprint density at radius 3 is 2.63 bits per heavy atom. The molecule has 1 aromatic carbocycles. The lowest BCUT2D eigenvalue weighted by molar-refractivity contribution is 0.374. The fraction of sp³-hybridized carbons (Fsp3) is 0.625. The average molecular weight is 328 g/mol. The quantitative estimate of drug-likeness (QED) is 0.763. The minimum Gasteiger partial charge on any atom is -0.496 e. The van der Waals surface area contributed by atoms with Crippen molar-refractivity contribution in [2.45, 2.75) is 46.1 Å². The third-order valence-corrected chi connectivity index (χ3v) is 3.97. The summed E-state index contributed by atoms with van der Waals surface area (Å²) in [6.45, 7) is 7.79. The molecule has 0 aliphatic rings. The van der Waals surface area contributed by atoms with Gasteiger partial charge >= 0.3 is 0 Å².